The molecular weight excluding hydrogens is 304 g/mol. The van der Waals surface area contributed by atoms with Crippen LogP contribution in [-0.2, 0) is 16.0 Å². The summed E-state index contributed by atoms with van der Waals surface area (Å²) in [7, 11) is 0. The number of anilines is 2. The van der Waals surface area contributed by atoms with Crippen LogP contribution in [0.2, 0.25) is 0 Å². The summed E-state index contributed by atoms with van der Waals surface area (Å²) >= 11 is 0. The Balaban J connectivity index is 1.46. The molecular formula is C19H18N2O3. The molecule has 0 saturated carbocycles. The minimum absolute atomic E-state index is 0.132. The molecule has 1 atom stereocenters. The fourth-order valence-corrected chi connectivity index (χ4v) is 3.22. The maximum absolute atomic E-state index is 12.5. The Labute approximate surface area is 140 Å². The minimum atomic E-state index is -0.514. The molecule has 2 aromatic carbocycles. The third kappa shape index (κ3) is 2.73. The second kappa shape index (κ2) is 6.00. The normalized spacial score (nSPS) is 19.1. The summed E-state index contributed by atoms with van der Waals surface area (Å²) in [4.78, 5) is 26.1. The number of rotatable bonds is 3. The predicted octanol–water partition coefficient (Wildman–Crippen LogP) is 2.76. The Morgan fingerprint density at radius 2 is 2.04 bits per heavy atom. The molecule has 2 aliphatic heterocycles. The number of carbonyl (C=O) groups excluding carboxylic acids is 2. The van der Waals surface area contributed by atoms with Crippen LogP contribution >= 0.6 is 0 Å². The Bertz CT molecular complexity index is 778. The van der Waals surface area contributed by atoms with Gasteiger partial charge in [-0.3, -0.25) is 9.59 Å². The van der Waals surface area contributed by atoms with Gasteiger partial charge in [0.15, 0.2) is 6.10 Å². The van der Waals surface area contributed by atoms with E-state index in [9.17, 15) is 9.59 Å². The molecule has 1 unspecified atom stereocenters. The van der Waals surface area contributed by atoms with Crippen molar-refractivity contribution in [1.29, 1.82) is 0 Å². The maximum atomic E-state index is 12.5. The molecule has 2 aromatic rings. The lowest BCUT2D eigenvalue weighted by Gasteiger charge is -2.17. The standard InChI is InChI=1S/C19H18N2O3/c22-18-9-4-10-21(18)15-7-3-6-14(12-15)20-19(23)17-11-13-5-1-2-8-16(13)24-17/h1-3,5-8,12,17H,4,9-11H2,(H,20,23). The van der Waals surface area contributed by atoms with Crippen LogP contribution in [0, 0.1) is 0 Å². The summed E-state index contributed by atoms with van der Waals surface area (Å²) in [6.45, 7) is 0.733. The number of hydrogen-bond acceptors (Lipinski definition) is 3. The number of carbonyl (C=O) groups is 2. The van der Waals surface area contributed by atoms with Gasteiger partial charge < -0.3 is 15.0 Å². The molecule has 5 heteroatoms. The van der Waals surface area contributed by atoms with Gasteiger partial charge in [-0.15, -0.1) is 0 Å². The van der Waals surface area contributed by atoms with Crippen LogP contribution in [0.25, 0.3) is 0 Å². The number of nitrogens with zero attached hydrogens (tertiary/aromatic N) is 1. The Hall–Kier alpha value is -2.82. The molecule has 1 fully saturated rings. The lowest BCUT2D eigenvalue weighted by atomic mass is 10.1. The van der Waals surface area contributed by atoms with Gasteiger partial charge in [-0.25, -0.2) is 0 Å². The van der Waals surface area contributed by atoms with Gasteiger partial charge in [-0.05, 0) is 36.2 Å². The summed E-state index contributed by atoms with van der Waals surface area (Å²) in [5.74, 6) is 0.734. The SMILES string of the molecule is O=C(Nc1cccc(N2CCCC2=O)c1)C1Cc2ccccc2O1. The molecule has 1 saturated heterocycles. The quantitative estimate of drug-likeness (QED) is 0.945. The molecule has 4 rings (SSSR count). The lowest BCUT2D eigenvalue weighted by Crippen LogP contribution is -2.31. The van der Waals surface area contributed by atoms with Crippen molar-refractivity contribution in [1.82, 2.24) is 0 Å². The minimum Gasteiger partial charge on any atom is -0.480 e. The largest absolute Gasteiger partial charge is 0.480 e. The van der Waals surface area contributed by atoms with Crippen LogP contribution in [-0.4, -0.2) is 24.5 Å². The highest BCUT2D eigenvalue weighted by molar-refractivity contribution is 5.98. The van der Waals surface area contributed by atoms with Crippen molar-refractivity contribution in [3.05, 3.63) is 54.1 Å². The highest BCUT2D eigenvalue weighted by atomic mass is 16.5. The maximum Gasteiger partial charge on any atom is 0.265 e. The predicted molar refractivity (Wildman–Crippen MR) is 91.2 cm³/mol. The van der Waals surface area contributed by atoms with Crippen molar-refractivity contribution in [2.24, 2.45) is 0 Å². The monoisotopic (exact) mass is 322 g/mol. The molecule has 0 radical (unpaired) electrons. The second-order valence-corrected chi connectivity index (χ2v) is 6.11. The zero-order valence-corrected chi connectivity index (χ0v) is 13.2. The lowest BCUT2D eigenvalue weighted by molar-refractivity contribution is -0.122. The first kappa shape index (κ1) is 14.8. The van der Waals surface area contributed by atoms with E-state index in [1.54, 1.807) is 4.90 Å². The fraction of sp³-hybridized carbons (Fsp3) is 0.263. The third-order valence-corrected chi connectivity index (χ3v) is 4.44. The van der Waals surface area contributed by atoms with E-state index in [2.05, 4.69) is 5.32 Å². The van der Waals surface area contributed by atoms with Gasteiger partial charge >= 0.3 is 0 Å². The zero-order valence-electron chi connectivity index (χ0n) is 13.2. The van der Waals surface area contributed by atoms with Gasteiger partial charge in [-0.1, -0.05) is 24.3 Å². The molecule has 2 heterocycles. The van der Waals surface area contributed by atoms with E-state index in [0.29, 0.717) is 18.5 Å². The van der Waals surface area contributed by atoms with Gasteiger partial charge in [0.1, 0.15) is 5.75 Å². The van der Waals surface area contributed by atoms with Gasteiger partial charge in [-0.2, -0.15) is 0 Å². The Morgan fingerprint density at radius 3 is 2.83 bits per heavy atom. The first-order chi connectivity index (χ1) is 11.7. The van der Waals surface area contributed by atoms with Gasteiger partial charge in [0, 0.05) is 30.8 Å². The average molecular weight is 322 g/mol. The molecule has 2 aliphatic rings. The van der Waals surface area contributed by atoms with E-state index in [1.807, 2.05) is 48.5 Å². The van der Waals surface area contributed by atoms with Crippen molar-refractivity contribution in [3.63, 3.8) is 0 Å². The molecule has 122 valence electrons. The highest BCUT2D eigenvalue weighted by Gasteiger charge is 2.29. The van der Waals surface area contributed by atoms with Gasteiger partial charge in [0.25, 0.3) is 5.91 Å². The molecule has 0 aromatic heterocycles. The fourth-order valence-electron chi connectivity index (χ4n) is 3.22. The van der Waals surface area contributed by atoms with Crippen molar-refractivity contribution >= 4 is 23.2 Å². The van der Waals surface area contributed by atoms with Crippen LogP contribution in [0.4, 0.5) is 11.4 Å². The zero-order chi connectivity index (χ0) is 16.5. The topological polar surface area (TPSA) is 58.6 Å². The number of para-hydroxylation sites is 1. The van der Waals surface area contributed by atoms with Crippen molar-refractivity contribution in [2.75, 3.05) is 16.8 Å². The molecule has 24 heavy (non-hydrogen) atoms. The smallest absolute Gasteiger partial charge is 0.265 e. The Morgan fingerprint density at radius 1 is 1.17 bits per heavy atom. The summed E-state index contributed by atoms with van der Waals surface area (Å²) in [5, 5.41) is 2.90. The number of benzene rings is 2. The van der Waals surface area contributed by atoms with Gasteiger partial charge in [0.2, 0.25) is 5.91 Å². The number of fused-ring (bicyclic) bond motifs is 1. The number of nitrogens with one attached hydrogen (secondary N) is 1. The molecule has 1 N–H and O–H groups in total. The summed E-state index contributed by atoms with van der Waals surface area (Å²) < 4.78 is 5.71. The van der Waals surface area contributed by atoms with E-state index in [1.165, 1.54) is 0 Å². The van der Waals surface area contributed by atoms with Crippen LogP contribution in [0.1, 0.15) is 18.4 Å². The molecule has 2 amide bonds. The molecule has 0 aliphatic carbocycles. The summed E-state index contributed by atoms with van der Waals surface area (Å²) in [6.07, 6.45) is 1.53. The molecule has 5 nitrogen and oxygen atoms in total. The van der Waals surface area contributed by atoms with Crippen LogP contribution in [0.3, 0.4) is 0 Å². The van der Waals surface area contributed by atoms with Crippen molar-refractivity contribution < 1.29 is 14.3 Å². The van der Waals surface area contributed by atoms with Crippen molar-refractivity contribution in [3.8, 4) is 5.75 Å². The van der Waals surface area contributed by atoms with Crippen molar-refractivity contribution in [2.45, 2.75) is 25.4 Å². The van der Waals surface area contributed by atoms with E-state index in [0.717, 1.165) is 30.0 Å². The van der Waals surface area contributed by atoms with Crippen LogP contribution < -0.4 is 15.0 Å². The van der Waals surface area contributed by atoms with Gasteiger partial charge in [0.05, 0.1) is 0 Å². The average Bonchev–Trinajstić information content (AvgIpc) is 3.21. The van der Waals surface area contributed by atoms with Crippen LogP contribution in [0.15, 0.2) is 48.5 Å². The first-order valence-corrected chi connectivity index (χ1v) is 8.16. The van der Waals surface area contributed by atoms with Crippen LogP contribution in [0.5, 0.6) is 5.75 Å². The first-order valence-electron chi connectivity index (χ1n) is 8.16. The molecule has 0 spiro atoms. The summed E-state index contributed by atoms with van der Waals surface area (Å²) in [6, 6.07) is 15.1. The van der Waals surface area contributed by atoms with E-state index >= 15 is 0 Å². The number of ether oxygens (including phenoxy) is 1. The Kier molecular flexibility index (Phi) is 3.69. The third-order valence-electron chi connectivity index (χ3n) is 4.44. The summed E-state index contributed by atoms with van der Waals surface area (Å²) in [5.41, 5.74) is 2.55. The van der Waals surface area contributed by atoms with E-state index in [4.69, 9.17) is 4.74 Å². The van der Waals surface area contributed by atoms with E-state index < -0.39 is 6.10 Å². The second-order valence-electron chi connectivity index (χ2n) is 6.11. The number of amides is 2. The van der Waals surface area contributed by atoms with E-state index in [-0.39, 0.29) is 11.8 Å². The molecule has 0 bridgehead atoms. The number of hydrogen-bond donors (Lipinski definition) is 1. The highest BCUT2D eigenvalue weighted by Crippen LogP contribution is 2.29.